The zero-order valence-electron chi connectivity index (χ0n) is 11.3. The summed E-state index contributed by atoms with van der Waals surface area (Å²) in [5, 5.41) is 2.94. The van der Waals surface area contributed by atoms with Crippen LogP contribution >= 0.6 is 0 Å². The Morgan fingerprint density at radius 1 is 1.21 bits per heavy atom. The van der Waals surface area contributed by atoms with Gasteiger partial charge < -0.3 is 5.32 Å². The lowest BCUT2D eigenvalue weighted by atomic mass is 10.1. The minimum Gasteiger partial charge on any atom is -0.352 e. The zero-order valence-corrected chi connectivity index (χ0v) is 11.3. The Labute approximate surface area is 113 Å². The van der Waals surface area contributed by atoms with Gasteiger partial charge in [0.15, 0.2) is 0 Å². The number of benzene rings is 1. The topological polar surface area (TPSA) is 42.0 Å². The van der Waals surface area contributed by atoms with Crippen LogP contribution in [-0.4, -0.2) is 17.4 Å². The summed E-state index contributed by atoms with van der Waals surface area (Å²) in [5.41, 5.74) is 3.84. The van der Waals surface area contributed by atoms with E-state index in [1.807, 2.05) is 50.2 Å². The molecule has 1 N–H and O–H groups in total. The first-order valence-electron chi connectivity index (χ1n) is 6.42. The zero-order chi connectivity index (χ0) is 13.7. The van der Waals surface area contributed by atoms with E-state index in [1.165, 1.54) is 0 Å². The Balaban J connectivity index is 1.93. The van der Waals surface area contributed by atoms with Crippen molar-refractivity contribution in [3.8, 4) is 0 Å². The highest BCUT2D eigenvalue weighted by Crippen LogP contribution is 2.10. The Kier molecular flexibility index (Phi) is 4.29. The number of nitrogens with zero attached hydrogens (tertiary/aromatic N) is 1. The molecule has 2 aromatic rings. The van der Waals surface area contributed by atoms with Crippen molar-refractivity contribution in [1.29, 1.82) is 0 Å². The monoisotopic (exact) mass is 254 g/mol. The molecular weight excluding hydrogens is 236 g/mol. The number of rotatable bonds is 4. The molecule has 0 aliphatic heterocycles. The van der Waals surface area contributed by atoms with Crippen LogP contribution in [-0.2, 0) is 6.42 Å². The number of aromatic nitrogens is 1. The first kappa shape index (κ1) is 13.3. The van der Waals surface area contributed by atoms with Gasteiger partial charge in [0.1, 0.15) is 0 Å². The normalized spacial score (nSPS) is 10.2. The van der Waals surface area contributed by atoms with Crippen LogP contribution in [0.1, 0.15) is 27.2 Å². The standard InChI is InChI=1S/C16H18N2O/c1-12-6-7-13(2)15(11-12)16(19)18-10-8-14-5-3-4-9-17-14/h3-7,9,11H,8,10H2,1-2H3,(H,18,19). The maximum absolute atomic E-state index is 12.1. The summed E-state index contributed by atoms with van der Waals surface area (Å²) in [6, 6.07) is 11.7. The average Bonchev–Trinajstić information content (AvgIpc) is 2.42. The summed E-state index contributed by atoms with van der Waals surface area (Å²) in [6.07, 6.45) is 2.51. The van der Waals surface area contributed by atoms with E-state index in [1.54, 1.807) is 6.20 Å². The minimum atomic E-state index is -0.0165. The van der Waals surface area contributed by atoms with Crippen molar-refractivity contribution in [2.24, 2.45) is 0 Å². The third-order valence-electron chi connectivity index (χ3n) is 3.03. The maximum Gasteiger partial charge on any atom is 0.251 e. The van der Waals surface area contributed by atoms with E-state index < -0.39 is 0 Å². The lowest BCUT2D eigenvalue weighted by Gasteiger charge is -2.08. The highest BCUT2D eigenvalue weighted by Gasteiger charge is 2.08. The minimum absolute atomic E-state index is 0.0165. The van der Waals surface area contributed by atoms with E-state index >= 15 is 0 Å². The molecule has 0 saturated heterocycles. The van der Waals surface area contributed by atoms with Crippen LogP contribution in [0, 0.1) is 13.8 Å². The van der Waals surface area contributed by atoms with Gasteiger partial charge in [0, 0.05) is 30.4 Å². The van der Waals surface area contributed by atoms with Gasteiger partial charge in [-0.25, -0.2) is 0 Å². The third kappa shape index (κ3) is 3.65. The van der Waals surface area contributed by atoms with Gasteiger partial charge >= 0.3 is 0 Å². The quantitative estimate of drug-likeness (QED) is 0.911. The van der Waals surface area contributed by atoms with Gasteiger partial charge in [-0.3, -0.25) is 9.78 Å². The number of carbonyl (C=O) groups excluding carboxylic acids is 1. The molecule has 2 rings (SSSR count). The largest absolute Gasteiger partial charge is 0.352 e. The van der Waals surface area contributed by atoms with Crippen molar-refractivity contribution in [1.82, 2.24) is 10.3 Å². The molecule has 0 radical (unpaired) electrons. The second kappa shape index (κ2) is 6.14. The number of carbonyl (C=O) groups is 1. The Morgan fingerprint density at radius 3 is 2.79 bits per heavy atom. The van der Waals surface area contributed by atoms with Crippen molar-refractivity contribution < 1.29 is 4.79 Å². The number of pyridine rings is 1. The molecule has 98 valence electrons. The van der Waals surface area contributed by atoms with Gasteiger partial charge in [0.05, 0.1) is 0 Å². The number of amides is 1. The van der Waals surface area contributed by atoms with Crippen molar-refractivity contribution in [3.63, 3.8) is 0 Å². The van der Waals surface area contributed by atoms with E-state index in [4.69, 9.17) is 0 Å². The molecule has 1 aromatic heterocycles. The highest BCUT2D eigenvalue weighted by molar-refractivity contribution is 5.95. The molecule has 0 fully saturated rings. The molecular formula is C16H18N2O. The van der Waals surface area contributed by atoms with Crippen LogP contribution in [0.5, 0.6) is 0 Å². The molecule has 19 heavy (non-hydrogen) atoms. The van der Waals surface area contributed by atoms with Crippen LogP contribution in [0.3, 0.4) is 0 Å². The van der Waals surface area contributed by atoms with Crippen LogP contribution in [0.4, 0.5) is 0 Å². The molecule has 3 heteroatoms. The Bertz CT molecular complexity index is 564. The molecule has 3 nitrogen and oxygen atoms in total. The smallest absolute Gasteiger partial charge is 0.251 e. The van der Waals surface area contributed by atoms with Crippen LogP contribution in [0.2, 0.25) is 0 Å². The van der Waals surface area contributed by atoms with Crippen molar-refractivity contribution >= 4 is 5.91 Å². The number of hydrogen-bond acceptors (Lipinski definition) is 2. The maximum atomic E-state index is 12.1. The molecule has 1 heterocycles. The fourth-order valence-corrected chi connectivity index (χ4v) is 1.93. The van der Waals surface area contributed by atoms with Gasteiger partial charge in [0.2, 0.25) is 0 Å². The van der Waals surface area contributed by atoms with E-state index in [2.05, 4.69) is 10.3 Å². The van der Waals surface area contributed by atoms with Gasteiger partial charge in [-0.2, -0.15) is 0 Å². The SMILES string of the molecule is Cc1ccc(C)c(C(=O)NCCc2ccccn2)c1. The second-order valence-electron chi connectivity index (χ2n) is 4.65. The fraction of sp³-hybridized carbons (Fsp3) is 0.250. The predicted octanol–water partition coefficient (Wildman–Crippen LogP) is 2.67. The third-order valence-corrected chi connectivity index (χ3v) is 3.03. The Morgan fingerprint density at radius 2 is 2.05 bits per heavy atom. The van der Waals surface area contributed by atoms with Crippen molar-refractivity contribution in [2.75, 3.05) is 6.54 Å². The molecule has 0 unspecified atom stereocenters. The van der Waals surface area contributed by atoms with Crippen molar-refractivity contribution in [3.05, 3.63) is 65.0 Å². The summed E-state index contributed by atoms with van der Waals surface area (Å²) in [4.78, 5) is 16.3. The predicted molar refractivity (Wildman–Crippen MR) is 76.2 cm³/mol. The summed E-state index contributed by atoms with van der Waals surface area (Å²) >= 11 is 0. The molecule has 0 saturated carbocycles. The number of hydrogen-bond donors (Lipinski definition) is 1. The van der Waals surface area contributed by atoms with Crippen LogP contribution in [0.15, 0.2) is 42.6 Å². The van der Waals surface area contributed by atoms with E-state index in [0.29, 0.717) is 6.54 Å². The van der Waals surface area contributed by atoms with E-state index in [-0.39, 0.29) is 5.91 Å². The van der Waals surface area contributed by atoms with Crippen LogP contribution in [0.25, 0.3) is 0 Å². The molecule has 0 bridgehead atoms. The summed E-state index contributed by atoms with van der Waals surface area (Å²) in [6.45, 7) is 4.54. The fourth-order valence-electron chi connectivity index (χ4n) is 1.93. The van der Waals surface area contributed by atoms with E-state index in [0.717, 1.165) is 28.8 Å². The van der Waals surface area contributed by atoms with Gasteiger partial charge in [-0.15, -0.1) is 0 Å². The Hall–Kier alpha value is -2.16. The first-order chi connectivity index (χ1) is 9.16. The van der Waals surface area contributed by atoms with Gasteiger partial charge in [-0.05, 0) is 37.6 Å². The lowest BCUT2D eigenvalue weighted by molar-refractivity contribution is 0.0953. The van der Waals surface area contributed by atoms with Gasteiger partial charge in [-0.1, -0.05) is 23.8 Å². The van der Waals surface area contributed by atoms with Gasteiger partial charge in [0.25, 0.3) is 5.91 Å². The first-order valence-corrected chi connectivity index (χ1v) is 6.42. The molecule has 0 aliphatic rings. The molecule has 0 spiro atoms. The van der Waals surface area contributed by atoms with E-state index in [9.17, 15) is 4.79 Å². The van der Waals surface area contributed by atoms with Crippen LogP contribution < -0.4 is 5.32 Å². The average molecular weight is 254 g/mol. The molecule has 1 aromatic carbocycles. The number of aryl methyl sites for hydroxylation is 2. The molecule has 0 atom stereocenters. The van der Waals surface area contributed by atoms with Crippen molar-refractivity contribution in [2.45, 2.75) is 20.3 Å². The summed E-state index contributed by atoms with van der Waals surface area (Å²) in [7, 11) is 0. The summed E-state index contributed by atoms with van der Waals surface area (Å²) in [5.74, 6) is -0.0165. The lowest BCUT2D eigenvalue weighted by Crippen LogP contribution is -2.26. The second-order valence-corrected chi connectivity index (χ2v) is 4.65. The molecule has 0 aliphatic carbocycles. The highest BCUT2D eigenvalue weighted by atomic mass is 16.1. The number of nitrogens with one attached hydrogen (secondary N) is 1. The molecule has 1 amide bonds. The summed E-state index contributed by atoms with van der Waals surface area (Å²) < 4.78 is 0.